The Balaban J connectivity index is 1.76. The molecule has 1 amide bonds. The van der Waals surface area contributed by atoms with Gasteiger partial charge in [0, 0.05) is 11.4 Å². The molecule has 0 heterocycles. The van der Waals surface area contributed by atoms with Crippen molar-refractivity contribution >= 4 is 27.5 Å². The molecule has 0 atom stereocenters. The van der Waals surface area contributed by atoms with Gasteiger partial charge in [0.15, 0.2) is 0 Å². The molecule has 1 aliphatic rings. The average molecular weight is 346 g/mol. The Morgan fingerprint density at radius 3 is 2.38 bits per heavy atom. The summed E-state index contributed by atoms with van der Waals surface area (Å²) in [5.74, 6) is 0. The predicted octanol–water partition coefficient (Wildman–Crippen LogP) is 3.15. The molecule has 0 spiro atoms. The van der Waals surface area contributed by atoms with Gasteiger partial charge in [-0.15, -0.1) is 0 Å². The number of hydrogen-bond donors (Lipinski definition) is 2. The van der Waals surface area contributed by atoms with Gasteiger partial charge in [0.1, 0.15) is 0 Å². The fourth-order valence-corrected chi connectivity index (χ4v) is 3.79. The lowest BCUT2D eigenvalue weighted by Gasteiger charge is -2.10. The molecule has 0 saturated carbocycles. The number of fused-ring (bicyclic) bond motifs is 1. The number of rotatable bonds is 4. The molecular formula is C17H18N2O4S. The fourth-order valence-electron chi connectivity index (χ4n) is 2.74. The molecule has 0 unspecified atom stereocenters. The lowest BCUT2D eigenvalue weighted by atomic mass is 10.1. The molecule has 126 valence electrons. The highest BCUT2D eigenvalue weighted by atomic mass is 32.2. The smallest absolute Gasteiger partial charge is 0.411 e. The third kappa shape index (κ3) is 3.51. The lowest BCUT2D eigenvalue weighted by molar-refractivity contribution is 0.187. The minimum atomic E-state index is -3.68. The van der Waals surface area contributed by atoms with Crippen molar-refractivity contribution < 1.29 is 17.9 Å². The summed E-state index contributed by atoms with van der Waals surface area (Å²) in [6.45, 7) is 0. The summed E-state index contributed by atoms with van der Waals surface area (Å²) in [5.41, 5.74) is 3.51. The van der Waals surface area contributed by atoms with Gasteiger partial charge in [-0.3, -0.25) is 10.0 Å². The van der Waals surface area contributed by atoms with E-state index in [-0.39, 0.29) is 4.90 Å². The number of aryl methyl sites for hydroxylation is 2. The number of carbonyl (C=O) groups is 1. The zero-order chi connectivity index (χ0) is 17.2. The number of nitrogens with one attached hydrogen (secondary N) is 2. The Hall–Kier alpha value is -2.54. The number of anilines is 2. The standard InChI is InChI=1S/C17H18N2O4S/c1-23-17(20)18-14-7-9-16(10-8-14)24(21,22)19-15-6-5-12-3-2-4-13(12)11-15/h5-11,19H,2-4H2,1H3,(H,18,20). The third-order valence-electron chi connectivity index (χ3n) is 3.95. The monoisotopic (exact) mass is 346 g/mol. The van der Waals surface area contributed by atoms with Crippen LogP contribution in [-0.4, -0.2) is 21.6 Å². The second-order valence-electron chi connectivity index (χ2n) is 5.58. The van der Waals surface area contributed by atoms with Crippen molar-refractivity contribution in [2.75, 3.05) is 17.1 Å². The highest BCUT2D eigenvalue weighted by molar-refractivity contribution is 7.92. The van der Waals surface area contributed by atoms with Crippen LogP contribution in [0.4, 0.5) is 16.2 Å². The molecule has 0 bridgehead atoms. The molecule has 0 fully saturated rings. The number of amides is 1. The van der Waals surface area contributed by atoms with Gasteiger partial charge in [-0.1, -0.05) is 6.07 Å². The molecule has 0 radical (unpaired) electrons. The Morgan fingerprint density at radius 1 is 1.00 bits per heavy atom. The van der Waals surface area contributed by atoms with Crippen LogP contribution in [0.1, 0.15) is 17.5 Å². The van der Waals surface area contributed by atoms with E-state index in [1.165, 1.54) is 42.5 Å². The van der Waals surface area contributed by atoms with Crippen LogP contribution in [0.5, 0.6) is 0 Å². The third-order valence-corrected chi connectivity index (χ3v) is 5.34. The van der Waals surface area contributed by atoms with Gasteiger partial charge in [0.2, 0.25) is 0 Å². The predicted molar refractivity (Wildman–Crippen MR) is 91.7 cm³/mol. The molecule has 2 aromatic rings. The summed E-state index contributed by atoms with van der Waals surface area (Å²) in [7, 11) is -2.42. The summed E-state index contributed by atoms with van der Waals surface area (Å²) in [5, 5.41) is 2.47. The highest BCUT2D eigenvalue weighted by Gasteiger charge is 2.16. The van der Waals surface area contributed by atoms with E-state index in [4.69, 9.17) is 0 Å². The van der Waals surface area contributed by atoms with E-state index in [0.29, 0.717) is 11.4 Å². The van der Waals surface area contributed by atoms with E-state index in [2.05, 4.69) is 14.8 Å². The average Bonchev–Trinajstić information content (AvgIpc) is 3.02. The zero-order valence-corrected chi connectivity index (χ0v) is 14.0. The minimum Gasteiger partial charge on any atom is -0.453 e. The van der Waals surface area contributed by atoms with E-state index in [9.17, 15) is 13.2 Å². The first kappa shape index (κ1) is 16.3. The second kappa shape index (κ2) is 6.52. The van der Waals surface area contributed by atoms with Crippen LogP contribution in [0, 0.1) is 0 Å². The maximum atomic E-state index is 12.5. The first-order valence-corrected chi connectivity index (χ1v) is 9.06. The quantitative estimate of drug-likeness (QED) is 0.891. The van der Waals surface area contributed by atoms with Crippen LogP contribution >= 0.6 is 0 Å². The molecule has 3 rings (SSSR count). The van der Waals surface area contributed by atoms with Crippen LogP contribution < -0.4 is 10.0 Å². The van der Waals surface area contributed by atoms with Gasteiger partial charge in [-0.25, -0.2) is 13.2 Å². The van der Waals surface area contributed by atoms with Crippen LogP contribution in [0.2, 0.25) is 0 Å². The normalized spacial score (nSPS) is 13.2. The number of methoxy groups -OCH3 is 1. The molecule has 2 aromatic carbocycles. The van der Waals surface area contributed by atoms with E-state index in [0.717, 1.165) is 19.3 Å². The summed E-state index contributed by atoms with van der Waals surface area (Å²) in [4.78, 5) is 11.3. The van der Waals surface area contributed by atoms with Crippen molar-refractivity contribution in [3.63, 3.8) is 0 Å². The minimum absolute atomic E-state index is 0.124. The second-order valence-corrected chi connectivity index (χ2v) is 7.27. The molecule has 6 nitrogen and oxygen atoms in total. The number of sulfonamides is 1. The Labute approximate surface area is 140 Å². The van der Waals surface area contributed by atoms with Crippen molar-refractivity contribution in [1.29, 1.82) is 0 Å². The van der Waals surface area contributed by atoms with Crippen LogP contribution in [0.15, 0.2) is 47.4 Å². The van der Waals surface area contributed by atoms with Gasteiger partial charge in [-0.2, -0.15) is 0 Å². The molecule has 0 aromatic heterocycles. The summed E-state index contributed by atoms with van der Waals surface area (Å²) in [6.07, 6.45) is 2.54. The summed E-state index contributed by atoms with van der Waals surface area (Å²) in [6, 6.07) is 11.5. The molecular weight excluding hydrogens is 328 g/mol. The number of hydrogen-bond acceptors (Lipinski definition) is 4. The SMILES string of the molecule is COC(=O)Nc1ccc(S(=O)(=O)Nc2ccc3c(c2)CCC3)cc1. The number of ether oxygens (including phenoxy) is 1. The molecule has 7 heteroatoms. The summed E-state index contributed by atoms with van der Waals surface area (Å²) < 4.78 is 32.0. The first-order valence-electron chi connectivity index (χ1n) is 7.57. The van der Waals surface area contributed by atoms with Crippen molar-refractivity contribution in [3.05, 3.63) is 53.6 Å². The van der Waals surface area contributed by atoms with Crippen molar-refractivity contribution in [2.45, 2.75) is 24.2 Å². The maximum Gasteiger partial charge on any atom is 0.411 e. The first-order chi connectivity index (χ1) is 11.5. The fraction of sp³-hybridized carbons (Fsp3) is 0.235. The van der Waals surface area contributed by atoms with Gasteiger partial charge in [0.05, 0.1) is 12.0 Å². The van der Waals surface area contributed by atoms with Crippen LogP contribution in [0.3, 0.4) is 0 Å². The van der Waals surface area contributed by atoms with Crippen LogP contribution in [0.25, 0.3) is 0 Å². The molecule has 2 N–H and O–H groups in total. The number of benzene rings is 2. The zero-order valence-electron chi connectivity index (χ0n) is 13.2. The van der Waals surface area contributed by atoms with E-state index < -0.39 is 16.1 Å². The molecule has 24 heavy (non-hydrogen) atoms. The van der Waals surface area contributed by atoms with E-state index in [1.54, 1.807) is 6.07 Å². The Morgan fingerprint density at radius 2 is 1.67 bits per heavy atom. The Kier molecular flexibility index (Phi) is 4.44. The summed E-state index contributed by atoms with van der Waals surface area (Å²) >= 11 is 0. The Bertz CT molecular complexity index is 861. The number of carbonyl (C=O) groups excluding carboxylic acids is 1. The van der Waals surface area contributed by atoms with E-state index in [1.807, 2.05) is 12.1 Å². The highest BCUT2D eigenvalue weighted by Crippen LogP contribution is 2.26. The van der Waals surface area contributed by atoms with Gasteiger partial charge < -0.3 is 4.74 Å². The largest absolute Gasteiger partial charge is 0.453 e. The van der Waals surface area contributed by atoms with Crippen molar-refractivity contribution in [2.24, 2.45) is 0 Å². The maximum absolute atomic E-state index is 12.5. The van der Waals surface area contributed by atoms with Gasteiger partial charge in [-0.05, 0) is 66.8 Å². The molecule has 1 aliphatic carbocycles. The molecule has 0 saturated heterocycles. The lowest BCUT2D eigenvalue weighted by Crippen LogP contribution is -2.14. The topological polar surface area (TPSA) is 84.5 Å². The van der Waals surface area contributed by atoms with Crippen LogP contribution in [-0.2, 0) is 27.6 Å². The molecule has 0 aliphatic heterocycles. The van der Waals surface area contributed by atoms with Crippen molar-refractivity contribution in [3.8, 4) is 0 Å². The van der Waals surface area contributed by atoms with Gasteiger partial charge >= 0.3 is 6.09 Å². The van der Waals surface area contributed by atoms with Gasteiger partial charge in [0.25, 0.3) is 10.0 Å². The van der Waals surface area contributed by atoms with E-state index >= 15 is 0 Å². The van der Waals surface area contributed by atoms with Crippen molar-refractivity contribution in [1.82, 2.24) is 0 Å².